The largest absolute Gasteiger partial charge is 0.368 e. The van der Waals surface area contributed by atoms with Crippen LogP contribution >= 0.6 is 24.0 Å². The third-order valence-corrected chi connectivity index (χ3v) is 5.90. The van der Waals surface area contributed by atoms with Crippen LogP contribution < -0.4 is 5.32 Å². The lowest BCUT2D eigenvalue weighted by Gasteiger charge is -2.37. The zero-order chi connectivity index (χ0) is 19.2. The standard InChI is InChI=1S/C20H37N5O2.HI/c1-16(2)15-25-8-4-6-17(25)14-22-20(21-3)24-11-9-23(10-12-24)19(26)18-7-5-13-27-18;/h16-18H,4-15H2,1-3H3,(H,21,22);1H/t17-,18?;/m1./s1. The van der Waals surface area contributed by atoms with Crippen LogP contribution in [0.25, 0.3) is 0 Å². The fourth-order valence-electron chi connectivity index (χ4n) is 4.49. The van der Waals surface area contributed by atoms with E-state index >= 15 is 0 Å². The number of nitrogens with zero attached hydrogens (tertiary/aromatic N) is 4. The van der Waals surface area contributed by atoms with Crippen molar-refractivity contribution in [3.05, 3.63) is 0 Å². The van der Waals surface area contributed by atoms with Gasteiger partial charge in [-0.2, -0.15) is 0 Å². The molecular formula is C20H38IN5O2. The number of hydrogen-bond donors (Lipinski definition) is 1. The van der Waals surface area contributed by atoms with Gasteiger partial charge in [-0.25, -0.2) is 0 Å². The second-order valence-electron chi connectivity index (χ2n) is 8.43. The highest BCUT2D eigenvalue weighted by atomic mass is 127. The molecule has 28 heavy (non-hydrogen) atoms. The molecule has 3 rings (SSSR count). The molecule has 7 nitrogen and oxygen atoms in total. The zero-order valence-electron chi connectivity index (χ0n) is 17.7. The van der Waals surface area contributed by atoms with Crippen molar-refractivity contribution < 1.29 is 9.53 Å². The summed E-state index contributed by atoms with van der Waals surface area (Å²) in [5, 5.41) is 3.59. The minimum absolute atomic E-state index is 0. The van der Waals surface area contributed by atoms with E-state index in [1.807, 2.05) is 11.9 Å². The number of carbonyl (C=O) groups is 1. The molecular weight excluding hydrogens is 469 g/mol. The van der Waals surface area contributed by atoms with Crippen LogP contribution in [0, 0.1) is 5.92 Å². The molecule has 3 saturated heterocycles. The quantitative estimate of drug-likeness (QED) is 0.348. The number of amides is 1. The average Bonchev–Trinajstić information content (AvgIpc) is 3.34. The van der Waals surface area contributed by atoms with E-state index in [2.05, 4.69) is 34.0 Å². The van der Waals surface area contributed by atoms with Gasteiger partial charge < -0.3 is 19.9 Å². The second kappa shape index (κ2) is 11.5. The van der Waals surface area contributed by atoms with Gasteiger partial charge in [-0.1, -0.05) is 13.8 Å². The molecule has 0 aromatic rings. The summed E-state index contributed by atoms with van der Waals surface area (Å²) in [5.41, 5.74) is 0. The number of guanidine groups is 1. The van der Waals surface area contributed by atoms with Crippen LogP contribution in [0.3, 0.4) is 0 Å². The summed E-state index contributed by atoms with van der Waals surface area (Å²) in [6, 6.07) is 0.603. The van der Waals surface area contributed by atoms with Crippen molar-refractivity contribution in [3.8, 4) is 0 Å². The van der Waals surface area contributed by atoms with Gasteiger partial charge in [0, 0.05) is 59.0 Å². The van der Waals surface area contributed by atoms with Crippen molar-refractivity contribution in [1.82, 2.24) is 20.0 Å². The van der Waals surface area contributed by atoms with Gasteiger partial charge in [-0.15, -0.1) is 24.0 Å². The van der Waals surface area contributed by atoms with E-state index in [9.17, 15) is 4.79 Å². The summed E-state index contributed by atoms with van der Waals surface area (Å²) in [4.78, 5) is 23.8. The molecule has 0 aromatic heterocycles. The van der Waals surface area contributed by atoms with Crippen LogP contribution in [0.4, 0.5) is 0 Å². The minimum atomic E-state index is -0.205. The van der Waals surface area contributed by atoms with E-state index in [0.29, 0.717) is 12.0 Å². The van der Waals surface area contributed by atoms with E-state index in [-0.39, 0.29) is 36.0 Å². The maximum Gasteiger partial charge on any atom is 0.251 e. The Labute approximate surface area is 187 Å². The molecule has 3 fully saturated rings. The van der Waals surface area contributed by atoms with Crippen LogP contribution in [0.5, 0.6) is 0 Å². The Morgan fingerprint density at radius 1 is 1.11 bits per heavy atom. The Bertz CT molecular complexity index is 517. The minimum Gasteiger partial charge on any atom is -0.368 e. The number of rotatable bonds is 5. The summed E-state index contributed by atoms with van der Waals surface area (Å²) in [7, 11) is 1.85. The van der Waals surface area contributed by atoms with Crippen LogP contribution in [0.15, 0.2) is 4.99 Å². The van der Waals surface area contributed by atoms with Crippen molar-refractivity contribution in [3.63, 3.8) is 0 Å². The highest BCUT2D eigenvalue weighted by Gasteiger charge is 2.31. The van der Waals surface area contributed by atoms with Gasteiger partial charge in [-0.05, 0) is 38.1 Å². The Hall–Kier alpha value is -0.610. The first-order chi connectivity index (χ1) is 13.1. The van der Waals surface area contributed by atoms with Crippen LogP contribution in [0.2, 0.25) is 0 Å². The Morgan fingerprint density at radius 2 is 1.82 bits per heavy atom. The number of likely N-dealkylation sites (tertiary alicyclic amines) is 1. The van der Waals surface area contributed by atoms with Gasteiger partial charge in [0.1, 0.15) is 6.10 Å². The lowest BCUT2D eigenvalue weighted by atomic mass is 10.1. The number of aliphatic imine (C=N–C) groups is 1. The van der Waals surface area contributed by atoms with Crippen molar-refractivity contribution in [2.24, 2.45) is 10.9 Å². The molecule has 0 aromatic carbocycles. The second-order valence-corrected chi connectivity index (χ2v) is 8.43. The van der Waals surface area contributed by atoms with Crippen molar-refractivity contribution in [2.45, 2.75) is 51.7 Å². The Kier molecular flexibility index (Phi) is 9.76. The fraction of sp³-hybridized carbons (Fsp3) is 0.900. The molecule has 8 heteroatoms. The summed E-state index contributed by atoms with van der Waals surface area (Å²) in [5.74, 6) is 1.85. The molecule has 0 radical (unpaired) electrons. The highest BCUT2D eigenvalue weighted by molar-refractivity contribution is 14.0. The van der Waals surface area contributed by atoms with Crippen LogP contribution in [-0.2, 0) is 9.53 Å². The van der Waals surface area contributed by atoms with E-state index < -0.39 is 0 Å². The first-order valence-electron chi connectivity index (χ1n) is 10.7. The average molecular weight is 507 g/mol. The van der Waals surface area contributed by atoms with Gasteiger partial charge >= 0.3 is 0 Å². The van der Waals surface area contributed by atoms with Crippen LogP contribution in [-0.4, -0.2) is 98.2 Å². The molecule has 0 bridgehead atoms. The molecule has 1 amide bonds. The van der Waals surface area contributed by atoms with Gasteiger partial charge in [0.15, 0.2) is 5.96 Å². The Morgan fingerprint density at radius 3 is 2.43 bits per heavy atom. The SMILES string of the molecule is CN=C(NC[C@H]1CCCN1CC(C)C)N1CCN(C(=O)C2CCCO2)CC1.I. The van der Waals surface area contributed by atoms with Gasteiger partial charge in [-0.3, -0.25) is 14.7 Å². The maximum atomic E-state index is 12.5. The maximum absolute atomic E-state index is 12.5. The third-order valence-electron chi connectivity index (χ3n) is 5.90. The molecule has 1 unspecified atom stereocenters. The summed E-state index contributed by atoms with van der Waals surface area (Å²) >= 11 is 0. The normalized spacial score (nSPS) is 26.6. The first kappa shape index (κ1) is 23.7. The molecule has 3 aliphatic heterocycles. The lowest BCUT2D eigenvalue weighted by Crippen LogP contribution is -2.56. The molecule has 0 saturated carbocycles. The summed E-state index contributed by atoms with van der Waals surface area (Å²) in [6.45, 7) is 11.8. The number of ether oxygens (including phenoxy) is 1. The number of halogens is 1. The monoisotopic (exact) mass is 507 g/mol. The number of carbonyl (C=O) groups excluding carboxylic acids is 1. The molecule has 0 spiro atoms. The summed E-state index contributed by atoms with van der Waals surface area (Å²) < 4.78 is 5.55. The van der Waals surface area contributed by atoms with Crippen molar-refractivity contribution in [1.29, 1.82) is 0 Å². The van der Waals surface area contributed by atoms with Crippen molar-refractivity contribution in [2.75, 3.05) is 59.5 Å². The van der Waals surface area contributed by atoms with Crippen LogP contribution in [0.1, 0.15) is 39.5 Å². The van der Waals surface area contributed by atoms with E-state index in [1.165, 1.54) is 25.9 Å². The predicted octanol–water partition coefficient (Wildman–Crippen LogP) is 1.62. The summed E-state index contributed by atoms with van der Waals surface area (Å²) in [6.07, 6.45) is 4.23. The molecule has 0 aliphatic carbocycles. The smallest absolute Gasteiger partial charge is 0.251 e. The Balaban J connectivity index is 0.00000280. The number of nitrogens with one attached hydrogen (secondary N) is 1. The van der Waals surface area contributed by atoms with E-state index in [0.717, 1.165) is 58.1 Å². The molecule has 2 atom stereocenters. The highest BCUT2D eigenvalue weighted by Crippen LogP contribution is 2.18. The van der Waals surface area contributed by atoms with Crippen molar-refractivity contribution >= 4 is 35.8 Å². The lowest BCUT2D eigenvalue weighted by molar-refractivity contribution is -0.142. The van der Waals surface area contributed by atoms with Gasteiger partial charge in [0.05, 0.1) is 0 Å². The molecule has 1 N–H and O–H groups in total. The topological polar surface area (TPSA) is 60.4 Å². The first-order valence-corrected chi connectivity index (χ1v) is 10.7. The fourth-order valence-corrected chi connectivity index (χ4v) is 4.49. The predicted molar refractivity (Wildman–Crippen MR) is 123 cm³/mol. The molecule has 162 valence electrons. The van der Waals surface area contributed by atoms with E-state index in [1.54, 1.807) is 0 Å². The van der Waals surface area contributed by atoms with Gasteiger partial charge in [0.25, 0.3) is 5.91 Å². The third kappa shape index (κ3) is 6.19. The van der Waals surface area contributed by atoms with E-state index in [4.69, 9.17) is 4.74 Å². The molecule has 3 heterocycles. The van der Waals surface area contributed by atoms with Gasteiger partial charge in [0.2, 0.25) is 0 Å². The number of piperazine rings is 1. The zero-order valence-corrected chi connectivity index (χ0v) is 20.1. The number of hydrogen-bond acceptors (Lipinski definition) is 4. The molecule has 3 aliphatic rings.